The molecule has 0 aliphatic rings. The minimum atomic E-state index is 0.325. The molecule has 1 atom stereocenters. The summed E-state index contributed by atoms with van der Waals surface area (Å²) in [5.74, 6) is 1.99. The van der Waals surface area contributed by atoms with Crippen molar-refractivity contribution in [3.63, 3.8) is 0 Å². The van der Waals surface area contributed by atoms with Gasteiger partial charge in [-0.3, -0.25) is 0 Å². The second-order valence-corrected chi connectivity index (χ2v) is 4.99. The minimum absolute atomic E-state index is 0.325. The molecule has 0 saturated heterocycles. The molecule has 2 aromatic rings. The minimum Gasteiger partial charge on any atom is -0.466 e. The van der Waals surface area contributed by atoms with Gasteiger partial charge in [-0.05, 0) is 26.8 Å². The zero-order valence-electron chi connectivity index (χ0n) is 10.5. The molecule has 1 N–H and O–H groups in total. The fraction of sp³-hybridized carbons (Fsp3) is 0.462. The van der Waals surface area contributed by atoms with Crippen LogP contribution < -0.4 is 5.32 Å². The molecule has 2 aromatic heterocycles. The van der Waals surface area contributed by atoms with Crippen LogP contribution in [0.2, 0.25) is 0 Å². The van der Waals surface area contributed by atoms with Crippen molar-refractivity contribution in [1.29, 1.82) is 0 Å². The summed E-state index contributed by atoms with van der Waals surface area (Å²) in [7, 11) is 0. The predicted molar refractivity (Wildman–Crippen MR) is 70.4 cm³/mol. The van der Waals surface area contributed by atoms with Gasteiger partial charge in [0.25, 0.3) is 0 Å². The second kappa shape index (κ2) is 5.47. The van der Waals surface area contributed by atoms with Crippen LogP contribution in [0.25, 0.3) is 0 Å². The molecule has 0 aliphatic heterocycles. The Hall–Kier alpha value is -1.13. The van der Waals surface area contributed by atoms with Crippen LogP contribution >= 0.6 is 11.3 Å². The number of nitrogens with one attached hydrogen (secondary N) is 1. The Kier molecular flexibility index (Phi) is 3.97. The van der Waals surface area contributed by atoms with E-state index in [-0.39, 0.29) is 0 Å². The number of nitrogens with zero attached hydrogens (tertiary/aromatic N) is 1. The maximum atomic E-state index is 5.54. The molecule has 0 amide bonds. The monoisotopic (exact) mass is 250 g/mol. The van der Waals surface area contributed by atoms with Crippen molar-refractivity contribution in [3.05, 3.63) is 39.7 Å². The van der Waals surface area contributed by atoms with Crippen molar-refractivity contribution in [2.75, 3.05) is 6.54 Å². The van der Waals surface area contributed by atoms with E-state index in [0.29, 0.717) is 6.04 Å². The van der Waals surface area contributed by atoms with Gasteiger partial charge < -0.3 is 9.73 Å². The number of hydrogen-bond acceptors (Lipinski definition) is 4. The zero-order valence-corrected chi connectivity index (χ0v) is 11.3. The molecule has 3 nitrogen and oxygen atoms in total. The van der Waals surface area contributed by atoms with Crippen LogP contribution in [0.1, 0.15) is 35.7 Å². The molecule has 2 heterocycles. The molecule has 0 aromatic carbocycles. The van der Waals surface area contributed by atoms with Gasteiger partial charge in [0.1, 0.15) is 11.5 Å². The van der Waals surface area contributed by atoms with Crippen LogP contribution in [0.4, 0.5) is 0 Å². The third kappa shape index (κ3) is 3.17. The lowest BCUT2D eigenvalue weighted by Gasteiger charge is -2.12. The van der Waals surface area contributed by atoms with Gasteiger partial charge in [-0.2, -0.15) is 0 Å². The summed E-state index contributed by atoms with van der Waals surface area (Å²) in [4.78, 5) is 4.27. The Morgan fingerprint density at radius 2 is 2.29 bits per heavy atom. The molecule has 92 valence electrons. The highest BCUT2D eigenvalue weighted by atomic mass is 32.1. The fourth-order valence-electron chi connectivity index (χ4n) is 1.97. The van der Waals surface area contributed by atoms with Gasteiger partial charge in [0.05, 0.1) is 11.2 Å². The first-order valence-electron chi connectivity index (χ1n) is 5.84. The molecule has 2 rings (SSSR count). The normalized spacial score (nSPS) is 12.9. The van der Waals surface area contributed by atoms with E-state index in [1.807, 2.05) is 19.4 Å². The lowest BCUT2D eigenvalue weighted by molar-refractivity contribution is 0.490. The van der Waals surface area contributed by atoms with Gasteiger partial charge in [0.2, 0.25) is 0 Å². The summed E-state index contributed by atoms with van der Waals surface area (Å²) in [5.41, 5.74) is 4.29. The largest absolute Gasteiger partial charge is 0.466 e. The molecule has 0 fully saturated rings. The Bertz CT molecular complexity index is 462. The van der Waals surface area contributed by atoms with Crippen LogP contribution in [0.3, 0.4) is 0 Å². The number of rotatable bonds is 5. The van der Waals surface area contributed by atoms with E-state index in [1.165, 1.54) is 5.56 Å². The van der Waals surface area contributed by atoms with Gasteiger partial charge in [-0.25, -0.2) is 4.98 Å². The topological polar surface area (TPSA) is 38.1 Å². The van der Waals surface area contributed by atoms with Gasteiger partial charge in [0.15, 0.2) is 0 Å². The summed E-state index contributed by atoms with van der Waals surface area (Å²) >= 11 is 1.65. The van der Waals surface area contributed by atoms with E-state index in [1.54, 1.807) is 11.3 Å². The number of hydrogen-bond donors (Lipinski definition) is 1. The van der Waals surface area contributed by atoms with E-state index < -0.39 is 0 Å². The van der Waals surface area contributed by atoms with Crippen molar-refractivity contribution in [3.8, 4) is 0 Å². The lowest BCUT2D eigenvalue weighted by Crippen LogP contribution is -2.21. The number of furan rings is 1. The van der Waals surface area contributed by atoms with Gasteiger partial charge in [0, 0.05) is 30.0 Å². The van der Waals surface area contributed by atoms with Crippen molar-refractivity contribution in [2.24, 2.45) is 0 Å². The molecule has 0 aliphatic carbocycles. The fourth-order valence-corrected chi connectivity index (χ4v) is 2.56. The Balaban J connectivity index is 1.85. The number of aryl methyl sites for hydroxylation is 2. The molecule has 1 unspecified atom stereocenters. The van der Waals surface area contributed by atoms with Crippen molar-refractivity contribution >= 4 is 11.3 Å². The quantitative estimate of drug-likeness (QED) is 0.885. The van der Waals surface area contributed by atoms with Gasteiger partial charge in [-0.1, -0.05) is 0 Å². The van der Waals surface area contributed by atoms with Crippen LogP contribution in [-0.4, -0.2) is 11.5 Å². The molecule has 17 heavy (non-hydrogen) atoms. The SMILES string of the molecule is Cc1cc(C(C)NCCc2cscn2)c(C)o1. The average molecular weight is 250 g/mol. The predicted octanol–water partition coefficient (Wildman–Crippen LogP) is 3.25. The second-order valence-electron chi connectivity index (χ2n) is 4.27. The van der Waals surface area contributed by atoms with Crippen molar-refractivity contribution in [1.82, 2.24) is 10.3 Å². The maximum absolute atomic E-state index is 5.54. The van der Waals surface area contributed by atoms with E-state index in [2.05, 4.69) is 28.7 Å². The van der Waals surface area contributed by atoms with Gasteiger partial charge >= 0.3 is 0 Å². The molecular weight excluding hydrogens is 232 g/mol. The summed E-state index contributed by atoms with van der Waals surface area (Å²) in [6, 6.07) is 2.43. The highest BCUT2D eigenvalue weighted by molar-refractivity contribution is 7.07. The third-order valence-corrected chi connectivity index (χ3v) is 3.50. The maximum Gasteiger partial charge on any atom is 0.105 e. The first kappa shape index (κ1) is 12.3. The average Bonchev–Trinajstić information content (AvgIpc) is 2.88. The van der Waals surface area contributed by atoms with Crippen LogP contribution in [0.15, 0.2) is 21.4 Å². The zero-order chi connectivity index (χ0) is 12.3. The Morgan fingerprint density at radius 3 is 2.88 bits per heavy atom. The molecular formula is C13H18N2OS. The smallest absolute Gasteiger partial charge is 0.105 e. The van der Waals surface area contributed by atoms with Crippen LogP contribution in [0, 0.1) is 13.8 Å². The van der Waals surface area contributed by atoms with Crippen molar-refractivity contribution < 1.29 is 4.42 Å². The molecule has 4 heteroatoms. The van der Waals surface area contributed by atoms with Crippen LogP contribution in [-0.2, 0) is 6.42 Å². The summed E-state index contributed by atoms with van der Waals surface area (Å²) < 4.78 is 5.54. The first-order valence-corrected chi connectivity index (χ1v) is 6.78. The third-order valence-electron chi connectivity index (χ3n) is 2.86. The highest BCUT2D eigenvalue weighted by Gasteiger charge is 2.11. The van der Waals surface area contributed by atoms with E-state index in [0.717, 1.165) is 30.2 Å². The van der Waals surface area contributed by atoms with E-state index >= 15 is 0 Å². The standard InChI is InChI=1S/C13H18N2OS/c1-9-6-13(11(3)16-9)10(2)14-5-4-12-7-17-8-15-12/h6-8,10,14H,4-5H2,1-3H3. The number of aromatic nitrogens is 1. The molecule has 0 saturated carbocycles. The molecule has 0 bridgehead atoms. The summed E-state index contributed by atoms with van der Waals surface area (Å²) in [5, 5.41) is 5.59. The first-order chi connectivity index (χ1) is 8.16. The Labute approximate surface area is 106 Å². The summed E-state index contributed by atoms with van der Waals surface area (Å²) in [6.45, 7) is 7.10. The van der Waals surface area contributed by atoms with Crippen molar-refractivity contribution in [2.45, 2.75) is 33.2 Å². The molecule has 0 spiro atoms. The van der Waals surface area contributed by atoms with Gasteiger partial charge in [-0.15, -0.1) is 11.3 Å². The summed E-state index contributed by atoms with van der Waals surface area (Å²) in [6.07, 6.45) is 0.976. The molecule has 0 radical (unpaired) electrons. The number of thiazole rings is 1. The Morgan fingerprint density at radius 1 is 1.47 bits per heavy atom. The van der Waals surface area contributed by atoms with E-state index in [9.17, 15) is 0 Å². The van der Waals surface area contributed by atoms with Crippen LogP contribution in [0.5, 0.6) is 0 Å². The van der Waals surface area contributed by atoms with E-state index in [4.69, 9.17) is 4.42 Å². The highest BCUT2D eigenvalue weighted by Crippen LogP contribution is 2.20. The lowest BCUT2D eigenvalue weighted by atomic mass is 10.1.